The van der Waals surface area contributed by atoms with Crippen LogP contribution in [0.25, 0.3) is 6.08 Å². The van der Waals surface area contributed by atoms with E-state index in [4.69, 9.17) is 0 Å². The molecule has 0 amide bonds. The lowest BCUT2D eigenvalue weighted by atomic mass is 9.94. The summed E-state index contributed by atoms with van der Waals surface area (Å²) in [6, 6.07) is 6.11. The fourth-order valence-corrected chi connectivity index (χ4v) is 3.02. The quantitative estimate of drug-likeness (QED) is 0.724. The van der Waals surface area contributed by atoms with Gasteiger partial charge in [-0.05, 0) is 18.1 Å². The number of anilines is 1. The van der Waals surface area contributed by atoms with E-state index in [0.717, 1.165) is 33.7 Å². The van der Waals surface area contributed by atoms with E-state index in [1.54, 1.807) is 6.20 Å². The van der Waals surface area contributed by atoms with Gasteiger partial charge in [-0.25, -0.2) is 0 Å². The minimum Gasteiger partial charge on any atom is -0.311 e. The Morgan fingerprint density at radius 3 is 2.95 bits per heavy atom. The molecule has 3 aliphatic rings. The van der Waals surface area contributed by atoms with Crippen LogP contribution in [-0.2, 0) is 4.79 Å². The summed E-state index contributed by atoms with van der Waals surface area (Å²) >= 11 is 0. The summed E-state index contributed by atoms with van der Waals surface area (Å²) in [5, 5.41) is 0. The molecule has 1 aromatic rings. The van der Waals surface area contributed by atoms with Crippen molar-refractivity contribution < 1.29 is 4.79 Å². The van der Waals surface area contributed by atoms with Crippen LogP contribution in [0.15, 0.2) is 64.6 Å². The fourth-order valence-electron chi connectivity index (χ4n) is 3.02. The zero-order valence-corrected chi connectivity index (χ0v) is 11.7. The summed E-state index contributed by atoms with van der Waals surface area (Å²) in [7, 11) is 0. The van der Waals surface area contributed by atoms with Gasteiger partial charge >= 0.3 is 0 Å². The average molecular weight is 274 g/mol. The van der Waals surface area contributed by atoms with E-state index >= 15 is 0 Å². The minimum absolute atomic E-state index is 0.148. The van der Waals surface area contributed by atoms with Crippen LogP contribution in [0.4, 0.5) is 5.69 Å². The highest BCUT2D eigenvalue weighted by molar-refractivity contribution is 6.07. The number of carbonyl (C=O) groups excluding carboxylic acids is 1. The number of hydrogen-bond donors (Lipinski definition) is 0. The molecule has 2 aliphatic heterocycles. The molecule has 3 nitrogen and oxygen atoms in total. The number of nitrogens with zero attached hydrogens (tertiary/aromatic N) is 2. The lowest BCUT2D eigenvalue weighted by molar-refractivity contribution is -0.115. The summed E-state index contributed by atoms with van der Waals surface area (Å²) in [6.45, 7) is 2.06. The number of rotatable bonds is 0. The first-order valence-corrected chi connectivity index (χ1v) is 7.00. The van der Waals surface area contributed by atoms with Gasteiger partial charge in [0.25, 0.3) is 0 Å². The summed E-state index contributed by atoms with van der Waals surface area (Å²) < 4.78 is 0. The van der Waals surface area contributed by atoms with Crippen molar-refractivity contribution in [1.82, 2.24) is 0 Å². The average Bonchev–Trinajstić information content (AvgIpc) is 2.80. The molecule has 0 radical (unpaired) electrons. The summed E-state index contributed by atoms with van der Waals surface area (Å²) in [5.41, 5.74) is 6.05. The Bertz CT molecular complexity index is 807. The third-order valence-electron chi connectivity index (χ3n) is 4.06. The molecule has 0 aromatic heterocycles. The first kappa shape index (κ1) is 12.1. The number of carbonyl (C=O) groups is 1. The van der Waals surface area contributed by atoms with E-state index in [2.05, 4.69) is 24.1 Å². The molecular weight excluding hydrogens is 260 g/mol. The maximum atomic E-state index is 12.5. The van der Waals surface area contributed by atoms with E-state index < -0.39 is 0 Å². The molecule has 1 aliphatic carbocycles. The zero-order chi connectivity index (χ0) is 14.4. The standard InChI is InChI=1S/C18H14N2O/c1-12-5-8-16(21)18-15(12)7-6-13-3-2-4-14-11-19-9-10-20(18)17(13)14/h2-7,9-11H,8H2,1H3. The molecule has 0 bridgehead atoms. The molecule has 0 unspecified atom stereocenters. The van der Waals surface area contributed by atoms with Gasteiger partial charge in [-0.15, -0.1) is 0 Å². The van der Waals surface area contributed by atoms with Crippen LogP contribution in [0.5, 0.6) is 0 Å². The first-order valence-electron chi connectivity index (χ1n) is 7.00. The molecule has 0 saturated carbocycles. The van der Waals surface area contributed by atoms with Gasteiger partial charge in [0.1, 0.15) is 0 Å². The van der Waals surface area contributed by atoms with E-state index in [0.29, 0.717) is 6.42 Å². The highest BCUT2D eigenvalue weighted by atomic mass is 16.1. The number of Topliss-reactive ketones (excluding diaryl/α,β-unsaturated/α-hetero) is 1. The van der Waals surface area contributed by atoms with Gasteiger partial charge in [0.15, 0.2) is 5.78 Å². The molecule has 0 atom stereocenters. The van der Waals surface area contributed by atoms with Crippen molar-refractivity contribution in [2.45, 2.75) is 13.3 Å². The Morgan fingerprint density at radius 1 is 1.19 bits per heavy atom. The van der Waals surface area contributed by atoms with Gasteiger partial charge in [-0.1, -0.05) is 36.4 Å². The molecule has 4 rings (SSSR count). The largest absolute Gasteiger partial charge is 0.311 e. The topological polar surface area (TPSA) is 32.7 Å². The van der Waals surface area contributed by atoms with Crippen molar-refractivity contribution in [3.8, 4) is 0 Å². The van der Waals surface area contributed by atoms with Gasteiger partial charge in [-0.2, -0.15) is 0 Å². The Kier molecular flexibility index (Phi) is 2.54. The van der Waals surface area contributed by atoms with Gasteiger partial charge in [0, 0.05) is 36.2 Å². The van der Waals surface area contributed by atoms with Crippen molar-refractivity contribution in [3.05, 3.63) is 70.7 Å². The second-order valence-corrected chi connectivity index (χ2v) is 5.34. The highest BCUT2D eigenvalue weighted by Crippen LogP contribution is 2.38. The molecule has 0 saturated heterocycles. The number of ketones is 1. The number of fused-ring (bicyclic) bond motifs is 1. The third-order valence-corrected chi connectivity index (χ3v) is 4.06. The summed E-state index contributed by atoms with van der Waals surface area (Å²) in [5.74, 6) is 0.148. The maximum absolute atomic E-state index is 12.5. The molecule has 3 heteroatoms. The van der Waals surface area contributed by atoms with Gasteiger partial charge in [-0.3, -0.25) is 9.79 Å². The molecule has 1 aromatic carbocycles. The van der Waals surface area contributed by atoms with Crippen molar-refractivity contribution >= 4 is 23.8 Å². The number of aliphatic imine (C=N–C) groups is 1. The number of benzene rings is 1. The van der Waals surface area contributed by atoms with Crippen molar-refractivity contribution in [1.29, 1.82) is 0 Å². The normalized spacial score (nSPS) is 19.0. The van der Waals surface area contributed by atoms with Gasteiger partial charge < -0.3 is 4.90 Å². The molecule has 0 spiro atoms. The minimum atomic E-state index is 0.148. The Balaban J connectivity index is 2.06. The number of allylic oxidation sites excluding steroid dienone is 5. The fraction of sp³-hybridized carbons (Fsp3) is 0.111. The van der Waals surface area contributed by atoms with Crippen molar-refractivity contribution in [3.63, 3.8) is 0 Å². The van der Waals surface area contributed by atoms with Crippen LogP contribution in [0.3, 0.4) is 0 Å². The van der Waals surface area contributed by atoms with Gasteiger partial charge in [0.05, 0.1) is 11.4 Å². The lowest BCUT2D eigenvalue weighted by Crippen LogP contribution is -2.26. The number of para-hydroxylation sites is 1. The summed E-state index contributed by atoms with van der Waals surface area (Å²) in [4.78, 5) is 18.8. The van der Waals surface area contributed by atoms with Crippen LogP contribution in [0.1, 0.15) is 24.5 Å². The van der Waals surface area contributed by atoms with Crippen LogP contribution in [-0.4, -0.2) is 12.0 Å². The van der Waals surface area contributed by atoms with E-state index in [-0.39, 0.29) is 5.78 Å². The zero-order valence-electron chi connectivity index (χ0n) is 11.7. The van der Waals surface area contributed by atoms with Crippen molar-refractivity contribution in [2.75, 3.05) is 4.90 Å². The van der Waals surface area contributed by atoms with E-state index in [9.17, 15) is 4.79 Å². The Morgan fingerprint density at radius 2 is 2.05 bits per heavy atom. The molecular formula is C18H14N2O. The van der Waals surface area contributed by atoms with E-state index in [1.807, 2.05) is 41.6 Å². The van der Waals surface area contributed by atoms with Crippen LogP contribution in [0.2, 0.25) is 0 Å². The molecule has 0 N–H and O–H groups in total. The first-order chi connectivity index (χ1) is 10.3. The Labute approximate surface area is 123 Å². The van der Waals surface area contributed by atoms with Crippen molar-refractivity contribution in [2.24, 2.45) is 4.99 Å². The van der Waals surface area contributed by atoms with Crippen LogP contribution >= 0.6 is 0 Å². The monoisotopic (exact) mass is 274 g/mol. The SMILES string of the molecule is CC1=CCC(=O)C2=C1C=Cc1cccc3c1N2C=CN=C3. The Hall–Kier alpha value is -2.68. The third kappa shape index (κ3) is 1.74. The second kappa shape index (κ2) is 4.42. The van der Waals surface area contributed by atoms with Gasteiger partial charge in [0.2, 0.25) is 0 Å². The van der Waals surface area contributed by atoms with E-state index in [1.165, 1.54) is 0 Å². The van der Waals surface area contributed by atoms with Crippen LogP contribution < -0.4 is 4.90 Å². The molecule has 21 heavy (non-hydrogen) atoms. The molecule has 0 fully saturated rings. The highest BCUT2D eigenvalue weighted by Gasteiger charge is 2.28. The molecule has 2 heterocycles. The summed E-state index contributed by atoms with van der Waals surface area (Å²) in [6.07, 6.45) is 12.0. The second-order valence-electron chi connectivity index (χ2n) is 5.34. The lowest BCUT2D eigenvalue weighted by Gasteiger charge is -2.27. The van der Waals surface area contributed by atoms with Crippen LogP contribution in [0, 0.1) is 0 Å². The predicted molar refractivity (Wildman–Crippen MR) is 85.1 cm³/mol. The predicted octanol–water partition coefficient (Wildman–Crippen LogP) is 3.60. The maximum Gasteiger partial charge on any atom is 0.183 e. The number of hydrogen-bond acceptors (Lipinski definition) is 3. The smallest absolute Gasteiger partial charge is 0.183 e. The molecule has 102 valence electrons.